The Kier molecular flexibility index (Phi) is 8.44. The van der Waals surface area contributed by atoms with Crippen LogP contribution in [-0.4, -0.2) is 145 Å². The normalized spacial score (nSPS) is 55.0. The molecule has 188 valence electrons. The summed E-state index contributed by atoms with van der Waals surface area (Å²) in [5, 5.41) is 90.2. The second-order valence-corrected chi connectivity index (χ2v) is 8.30. The molecule has 0 aromatic carbocycles. The zero-order chi connectivity index (χ0) is 23.9. The third kappa shape index (κ3) is 4.94. The van der Waals surface area contributed by atoms with Gasteiger partial charge in [0.05, 0.1) is 18.8 Å². The van der Waals surface area contributed by atoms with Crippen LogP contribution < -0.4 is 0 Å². The Morgan fingerprint density at radius 3 is 1.72 bits per heavy atom. The van der Waals surface area contributed by atoms with E-state index in [-0.39, 0.29) is 0 Å². The topological polar surface area (TPSA) is 228 Å². The van der Waals surface area contributed by atoms with Crippen LogP contribution in [0.25, 0.3) is 0 Å². The van der Waals surface area contributed by atoms with Crippen LogP contribution in [0.3, 0.4) is 0 Å². The minimum absolute atomic E-state index is 0.679. The summed E-state index contributed by atoms with van der Waals surface area (Å²) in [6.45, 7) is 2.19. The minimum atomic E-state index is -1.77. The highest BCUT2D eigenvalue weighted by Gasteiger charge is 2.52. The van der Waals surface area contributed by atoms with Gasteiger partial charge in [0.15, 0.2) is 18.9 Å². The Balaban J connectivity index is 1.66. The van der Waals surface area contributed by atoms with E-state index in [1.807, 2.05) is 0 Å². The maximum Gasteiger partial charge on any atom is 0.187 e. The predicted molar refractivity (Wildman–Crippen MR) is 98.4 cm³/mol. The summed E-state index contributed by atoms with van der Waals surface area (Å²) in [6, 6.07) is 0. The number of hydrogen-bond acceptors (Lipinski definition) is 14. The Labute approximate surface area is 183 Å². The van der Waals surface area contributed by atoms with Gasteiger partial charge in [0.25, 0.3) is 0 Å². The SMILES string of the molecule is C[C@@H]1OC(O)[C@H](O[C@@H]2O[C@@H](C)[C@H](O[C@@H]3O[C@H](CO)[C@@H](O)[C@H](O)[C@H]3O)[C@@H](O)[C@H]2O)[C@H](O)[C@H]1O. The monoisotopic (exact) mass is 472 g/mol. The molecule has 32 heavy (non-hydrogen) atoms. The van der Waals surface area contributed by atoms with E-state index in [0.717, 1.165) is 0 Å². The highest BCUT2D eigenvalue weighted by atomic mass is 16.8. The van der Waals surface area contributed by atoms with Gasteiger partial charge in [-0.25, -0.2) is 0 Å². The highest BCUT2D eigenvalue weighted by Crippen LogP contribution is 2.31. The summed E-state index contributed by atoms with van der Waals surface area (Å²) < 4.78 is 26.7. The molecule has 3 fully saturated rings. The Morgan fingerprint density at radius 2 is 1.09 bits per heavy atom. The lowest BCUT2D eigenvalue weighted by atomic mass is 9.97. The molecule has 3 rings (SSSR count). The van der Waals surface area contributed by atoms with Crippen LogP contribution in [0.5, 0.6) is 0 Å². The van der Waals surface area contributed by atoms with Gasteiger partial charge >= 0.3 is 0 Å². The van der Waals surface area contributed by atoms with Crippen molar-refractivity contribution in [2.45, 2.75) is 106 Å². The van der Waals surface area contributed by atoms with Gasteiger partial charge in [-0.15, -0.1) is 0 Å². The van der Waals surface area contributed by atoms with E-state index in [9.17, 15) is 46.0 Å². The molecular weight excluding hydrogens is 440 g/mol. The van der Waals surface area contributed by atoms with Crippen molar-refractivity contribution in [1.29, 1.82) is 0 Å². The van der Waals surface area contributed by atoms with Gasteiger partial charge in [-0.05, 0) is 13.8 Å². The molecule has 14 nitrogen and oxygen atoms in total. The second-order valence-electron chi connectivity index (χ2n) is 8.30. The van der Waals surface area contributed by atoms with Gasteiger partial charge in [0.1, 0.15) is 61.0 Å². The first-order chi connectivity index (χ1) is 15.0. The molecule has 0 aliphatic carbocycles. The predicted octanol–water partition coefficient (Wildman–Crippen LogP) is -5.52. The molecule has 0 radical (unpaired) electrons. The van der Waals surface area contributed by atoms with Gasteiger partial charge in [-0.1, -0.05) is 0 Å². The van der Waals surface area contributed by atoms with Crippen molar-refractivity contribution in [3.05, 3.63) is 0 Å². The van der Waals surface area contributed by atoms with Gasteiger partial charge in [0, 0.05) is 0 Å². The first kappa shape index (κ1) is 26.1. The van der Waals surface area contributed by atoms with E-state index in [2.05, 4.69) is 0 Å². The van der Waals surface area contributed by atoms with Crippen molar-refractivity contribution in [1.82, 2.24) is 0 Å². The second kappa shape index (κ2) is 10.4. The van der Waals surface area contributed by atoms with Crippen molar-refractivity contribution < 1.29 is 69.6 Å². The molecule has 14 heteroatoms. The lowest BCUT2D eigenvalue weighted by Crippen LogP contribution is -2.65. The highest BCUT2D eigenvalue weighted by molar-refractivity contribution is 4.94. The van der Waals surface area contributed by atoms with Crippen molar-refractivity contribution in [2.75, 3.05) is 6.61 Å². The summed E-state index contributed by atoms with van der Waals surface area (Å²) in [7, 11) is 0. The fourth-order valence-corrected chi connectivity index (χ4v) is 3.96. The van der Waals surface area contributed by atoms with E-state index >= 15 is 0 Å². The number of ether oxygens (including phenoxy) is 5. The van der Waals surface area contributed by atoms with Gasteiger partial charge in [-0.2, -0.15) is 0 Å². The van der Waals surface area contributed by atoms with Crippen molar-refractivity contribution >= 4 is 0 Å². The van der Waals surface area contributed by atoms with Crippen LogP contribution >= 0.6 is 0 Å². The standard InChI is InChI=1S/C18H32O14/c1-4-7(20)10(23)15(16(27)28-4)32-17-13(26)11(24)14(5(2)29-17)31-18-12(25)9(22)8(21)6(3-19)30-18/h4-27H,3H2,1-2H3/t4-,5-,6+,7-,8+,9-,10+,11-,12+,13+,14-,15+,16?,17-,18-/m0/s1. The molecule has 1 unspecified atom stereocenters. The number of aliphatic hydroxyl groups excluding tert-OH is 9. The molecular formula is C18H32O14. The van der Waals surface area contributed by atoms with Crippen LogP contribution in [-0.2, 0) is 23.7 Å². The molecule has 0 saturated carbocycles. The molecule has 0 amide bonds. The largest absolute Gasteiger partial charge is 0.394 e. The quantitative estimate of drug-likeness (QED) is 0.182. The fraction of sp³-hybridized carbons (Fsp3) is 1.00. The Morgan fingerprint density at radius 1 is 0.562 bits per heavy atom. The summed E-state index contributed by atoms with van der Waals surface area (Å²) >= 11 is 0. The first-order valence-electron chi connectivity index (χ1n) is 10.3. The molecule has 3 aliphatic heterocycles. The minimum Gasteiger partial charge on any atom is -0.394 e. The average Bonchev–Trinajstić information content (AvgIpc) is 2.75. The average molecular weight is 472 g/mol. The van der Waals surface area contributed by atoms with Crippen LogP contribution in [0.4, 0.5) is 0 Å². The molecule has 15 atom stereocenters. The molecule has 0 aromatic heterocycles. The first-order valence-corrected chi connectivity index (χ1v) is 10.3. The molecule has 3 saturated heterocycles. The van der Waals surface area contributed by atoms with Crippen LogP contribution in [0.1, 0.15) is 13.8 Å². The number of rotatable bonds is 5. The Bertz CT molecular complexity index is 608. The van der Waals surface area contributed by atoms with Crippen molar-refractivity contribution in [3.63, 3.8) is 0 Å². The lowest BCUT2D eigenvalue weighted by Gasteiger charge is -2.47. The van der Waals surface area contributed by atoms with E-state index in [1.165, 1.54) is 13.8 Å². The smallest absolute Gasteiger partial charge is 0.187 e. The van der Waals surface area contributed by atoms with E-state index < -0.39 is 98.7 Å². The molecule has 0 spiro atoms. The maximum atomic E-state index is 10.6. The van der Waals surface area contributed by atoms with Crippen molar-refractivity contribution in [2.24, 2.45) is 0 Å². The molecule has 3 aliphatic rings. The molecule has 3 heterocycles. The van der Waals surface area contributed by atoms with Crippen LogP contribution in [0.2, 0.25) is 0 Å². The molecule has 0 bridgehead atoms. The van der Waals surface area contributed by atoms with Crippen LogP contribution in [0, 0.1) is 0 Å². The third-order valence-electron chi connectivity index (χ3n) is 6.01. The lowest BCUT2D eigenvalue weighted by molar-refractivity contribution is -0.377. The third-order valence-corrected chi connectivity index (χ3v) is 6.01. The van der Waals surface area contributed by atoms with Crippen molar-refractivity contribution in [3.8, 4) is 0 Å². The summed E-state index contributed by atoms with van der Waals surface area (Å²) in [5.41, 5.74) is 0. The number of aliphatic hydroxyl groups is 9. The molecule has 9 N–H and O–H groups in total. The summed E-state index contributed by atoms with van der Waals surface area (Å²) in [5.74, 6) is 0. The zero-order valence-corrected chi connectivity index (χ0v) is 17.4. The molecule has 0 aromatic rings. The zero-order valence-electron chi connectivity index (χ0n) is 17.4. The summed E-state index contributed by atoms with van der Waals surface area (Å²) in [4.78, 5) is 0. The van der Waals surface area contributed by atoms with Crippen LogP contribution in [0.15, 0.2) is 0 Å². The van der Waals surface area contributed by atoms with E-state index in [0.29, 0.717) is 0 Å². The van der Waals surface area contributed by atoms with Gasteiger partial charge < -0.3 is 69.6 Å². The summed E-state index contributed by atoms with van der Waals surface area (Å²) in [6.07, 6.45) is -22.1. The Hall–Kier alpha value is -0.560. The van der Waals surface area contributed by atoms with Gasteiger partial charge in [-0.3, -0.25) is 0 Å². The fourth-order valence-electron chi connectivity index (χ4n) is 3.96. The number of hydrogen-bond donors (Lipinski definition) is 9. The maximum absolute atomic E-state index is 10.6. The van der Waals surface area contributed by atoms with E-state index in [4.69, 9.17) is 23.7 Å². The van der Waals surface area contributed by atoms with E-state index in [1.54, 1.807) is 0 Å². The van der Waals surface area contributed by atoms with Gasteiger partial charge in [0.2, 0.25) is 0 Å².